The van der Waals surface area contributed by atoms with Crippen LogP contribution in [0.15, 0.2) is 18.2 Å². The Kier molecular flexibility index (Phi) is 6.30. The Morgan fingerprint density at radius 2 is 1.90 bits per heavy atom. The van der Waals surface area contributed by atoms with Crippen LogP contribution in [-0.2, 0) is 4.79 Å². The molecule has 6 heteroatoms. The number of carbonyl (C=O) groups excluding carboxylic acids is 1. The molecule has 1 aliphatic rings. The van der Waals surface area contributed by atoms with Crippen LogP contribution in [0, 0.1) is 5.92 Å². The normalized spacial score (nSPS) is 22.0. The number of halogens is 2. The third-order valence-electron chi connectivity index (χ3n) is 3.79. The smallest absolute Gasteiger partial charge is 0.238 e. The average molecular weight is 331 g/mol. The Morgan fingerprint density at radius 3 is 2.57 bits per heavy atom. The third kappa shape index (κ3) is 4.85. The summed E-state index contributed by atoms with van der Waals surface area (Å²) >= 11 is 12.0. The van der Waals surface area contributed by atoms with Gasteiger partial charge < -0.3 is 15.7 Å². The van der Waals surface area contributed by atoms with Gasteiger partial charge in [0.15, 0.2) is 0 Å². The van der Waals surface area contributed by atoms with E-state index in [0.29, 0.717) is 22.3 Å². The van der Waals surface area contributed by atoms with Crippen LogP contribution in [-0.4, -0.2) is 30.2 Å². The first-order valence-electron chi connectivity index (χ1n) is 7.20. The number of hydrogen-bond donors (Lipinski definition) is 3. The summed E-state index contributed by atoms with van der Waals surface area (Å²) in [5.74, 6) is 0.0331. The predicted octanol–water partition coefficient (Wildman–Crippen LogP) is 3.07. The van der Waals surface area contributed by atoms with Gasteiger partial charge in [0.2, 0.25) is 5.91 Å². The first-order valence-corrected chi connectivity index (χ1v) is 7.96. The molecule has 0 spiro atoms. The number of anilines is 1. The number of para-hydroxylation sites is 1. The number of nitrogens with one attached hydrogen (secondary N) is 2. The highest BCUT2D eigenvalue weighted by Crippen LogP contribution is 2.29. The fourth-order valence-electron chi connectivity index (χ4n) is 2.60. The number of hydrogen-bond acceptors (Lipinski definition) is 3. The van der Waals surface area contributed by atoms with Gasteiger partial charge in [-0.3, -0.25) is 4.79 Å². The van der Waals surface area contributed by atoms with Crippen molar-refractivity contribution in [3.8, 4) is 0 Å². The summed E-state index contributed by atoms with van der Waals surface area (Å²) in [5, 5.41) is 16.5. The van der Waals surface area contributed by atoms with E-state index in [1.807, 2.05) is 0 Å². The van der Waals surface area contributed by atoms with Crippen molar-refractivity contribution in [2.45, 2.75) is 31.8 Å². The molecule has 2 rings (SSSR count). The maximum Gasteiger partial charge on any atom is 0.238 e. The summed E-state index contributed by atoms with van der Waals surface area (Å²) in [6.07, 6.45) is 3.83. The van der Waals surface area contributed by atoms with Crippen LogP contribution in [0.1, 0.15) is 25.7 Å². The molecule has 0 radical (unpaired) electrons. The van der Waals surface area contributed by atoms with E-state index in [0.717, 1.165) is 25.7 Å². The second kappa shape index (κ2) is 7.99. The zero-order valence-electron chi connectivity index (χ0n) is 11.7. The molecule has 1 amide bonds. The standard InChI is InChI=1S/C15H20Cl2N2O2/c16-11-5-3-6-12(17)15(11)19-14(21)9-18-8-10-4-1-2-7-13(10)20/h3,5-6,10,13,18,20H,1-2,4,7-9H2,(H,19,21). The van der Waals surface area contributed by atoms with Crippen LogP contribution in [0.25, 0.3) is 0 Å². The van der Waals surface area contributed by atoms with Gasteiger partial charge >= 0.3 is 0 Å². The number of benzene rings is 1. The fraction of sp³-hybridized carbons (Fsp3) is 0.533. The maximum absolute atomic E-state index is 11.9. The number of aliphatic hydroxyl groups is 1. The molecular formula is C15H20Cl2N2O2. The van der Waals surface area contributed by atoms with E-state index in [2.05, 4.69) is 10.6 Å². The molecular weight excluding hydrogens is 311 g/mol. The highest BCUT2D eigenvalue weighted by molar-refractivity contribution is 6.39. The summed E-state index contributed by atoms with van der Waals surface area (Å²) in [6.45, 7) is 0.815. The lowest BCUT2D eigenvalue weighted by molar-refractivity contribution is -0.115. The van der Waals surface area contributed by atoms with Crippen LogP contribution >= 0.6 is 23.2 Å². The molecule has 2 atom stereocenters. The summed E-state index contributed by atoms with van der Waals surface area (Å²) in [6, 6.07) is 5.08. The molecule has 21 heavy (non-hydrogen) atoms. The first-order chi connectivity index (χ1) is 10.1. The Labute approximate surface area is 134 Å². The van der Waals surface area contributed by atoms with Gasteiger partial charge in [-0.25, -0.2) is 0 Å². The monoisotopic (exact) mass is 330 g/mol. The van der Waals surface area contributed by atoms with Gasteiger partial charge in [-0.05, 0) is 30.9 Å². The lowest BCUT2D eigenvalue weighted by atomic mass is 9.86. The van der Waals surface area contributed by atoms with Gasteiger partial charge in [0.05, 0.1) is 28.4 Å². The third-order valence-corrected chi connectivity index (χ3v) is 4.42. The minimum absolute atomic E-state index is 0.171. The molecule has 2 unspecified atom stereocenters. The van der Waals surface area contributed by atoms with Crippen LogP contribution in [0.4, 0.5) is 5.69 Å². The Balaban J connectivity index is 1.77. The van der Waals surface area contributed by atoms with Crippen molar-refractivity contribution < 1.29 is 9.90 Å². The molecule has 0 aliphatic heterocycles. The lowest BCUT2D eigenvalue weighted by Gasteiger charge is -2.27. The van der Waals surface area contributed by atoms with E-state index in [1.165, 1.54) is 0 Å². The van der Waals surface area contributed by atoms with Crippen molar-refractivity contribution in [2.75, 3.05) is 18.4 Å². The van der Waals surface area contributed by atoms with Crippen molar-refractivity contribution in [1.29, 1.82) is 0 Å². The number of aliphatic hydroxyl groups excluding tert-OH is 1. The second-order valence-electron chi connectivity index (χ2n) is 5.39. The van der Waals surface area contributed by atoms with Crippen LogP contribution in [0.5, 0.6) is 0 Å². The molecule has 0 heterocycles. The number of amides is 1. The molecule has 1 aromatic carbocycles. The molecule has 0 saturated heterocycles. The van der Waals surface area contributed by atoms with Crippen LogP contribution in [0.3, 0.4) is 0 Å². The van der Waals surface area contributed by atoms with Crippen LogP contribution < -0.4 is 10.6 Å². The number of carbonyl (C=O) groups is 1. The van der Waals surface area contributed by atoms with E-state index >= 15 is 0 Å². The lowest BCUT2D eigenvalue weighted by Crippen LogP contribution is -2.37. The van der Waals surface area contributed by atoms with E-state index in [9.17, 15) is 9.90 Å². The molecule has 1 aliphatic carbocycles. The minimum Gasteiger partial charge on any atom is -0.393 e. The van der Waals surface area contributed by atoms with Gasteiger partial charge in [-0.1, -0.05) is 42.1 Å². The molecule has 116 valence electrons. The van der Waals surface area contributed by atoms with Gasteiger partial charge in [-0.15, -0.1) is 0 Å². The Bertz CT molecular complexity index is 476. The Morgan fingerprint density at radius 1 is 1.24 bits per heavy atom. The topological polar surface area (TPSA) is 61.4 Å². The molecule has 1 fully saturated rings. The molecule has 3 N–H and O–H groups in total. The van der Waals surface area contributed by atoms with Crippen LogP contribution in [0.2, 0.25) is 10.0 Å². The van der Waals surface area contributed by atoms with Crippen molar-refractivity contribution in [1.82, 2.24) is 5.32 Å². The minimum atomic E-state index is -0.257. The van der Waals surface area contributed by atoms with Gasteiger partial charge in [0.25, 0.3) is 0 Å². The molecule has 0 aromatic heterocycles. The van der Waals surface area contributed by atoms with E-state index in [1.54, 1.807) is 18.2 Å². The van der Waals surface area contributed by atoms with Gasteiger partial charge in [0.1, 0.15) is 0 Å². The summed E-state index contributed by atoms with van der Waals surface area (Å²) in [5.41, 5.74) is 0.435. The summed E-state index contributed by atoms with van der Waals surface area (Å²) in [4.78, 5) is 11.9. The van der Waals surface area contributed by atoms with E-state index < -0.39 is 0 Å². The molecule has 1 saturated carbocycles. The van der Waals surface area contributed by atoms with Crippen molar-refractivity contribution in [3.05, 3.63) is 28.2 Å². The van der Waals surface area contributed by atoms with Gasteiger partial charge in [-0.2, -0.15) is 0 Å². The second-order valence-corrected chi connectivity index (χ2v) is 6.20. The molecule has 4 nitrogen and oxygen atoms in total. The molecule has 1 aromatic rings. The van der Waals surface area contributed by atoms with Crippen molar-refractivity contribution in [2.24, 2.45) is 5.92 Å². The first kappa shape index (κ1) is 16.6. The van der Waals surface area contributed by atoms with Crippen molar-refractivity contribution >= 4 is 34.8 Å². The average Bonchev–Trinajstić information content (AvgIpc) is 2.45. The fourth-order valence-corrected chi connectivity index (χ4v) is 3.09. The highest BCUT2D eigenvalue weighted by Gasteiger charge is 2.22. The van der Waals surface area contributed by atoms with E-state index in [-0.39, 0.29) is 24.5 Å². The zero-order chi connectivity index (χ0) is 15.2. The Hall–Kier alpha value is -0.810. The van der Waals surface area contributed by atoms with Crippen molar-refractivity contribution in [3.63, 3.8) is 0 Å². The maximum atomic E-state index is 11.9. The van der Waals surface area contributed by atoms with E-state index in [4.69, 9.17) is 23.2 Å². The van der Waals surface area contributed by atoms with Gasteiger partial charge in [0, 0.05) is 6.54 Å². The SMILES string of the molecule is O=C(CNCC1CCCCC1O)Nc1c(Cl)cccc1Cl. The molecule has 0 bridgehead atoms. The summed E-state index contributed by atoms with van der Waals surface area (Å²) < 4.78 is 0. The zero-order valence-corrected chi connectivity index (χ0v) is 13.3. The number of rotatable bonds is 5. The largest absolute Gasteiger partial charge is 0.393 e. The quantitative estimate of drug-likeness (QED) is 0.777. The predicted molar refractivity (Wildman–Crippen MR) is 85.9 cm³/mol. The highest BCUT2D eigenvalue weighted by atomic mass is 35.5. The summed E-state index contributed by atoms with van der Waals surface area (Å²) in [7, 11) is 0.